The number of nitrogens with one attached hydrogen (secondary N) is 2. The molecule has 2 aliphatic heterocycles. The molecule has 25 heavy (non-hydrogen) atoms. The first-order chi connectivity index (χ1) is 12.1. The second-order valence-corrected chi connectivity index (χ2v) is 6.88. The third kappa shape index (κ3) is 6.21. The van der Waals surface area contributed by atoms with Gasteiger partial charge in [0.25, 0.3) is 0 Å². The highest BCUT2D eigenvalue weighted by Gasteiger charge is 2.23. The van der Waals surface area contributed by atoms with Crippen molar-refractivity contribution in [1.29, 1.82) is 0 Å². The highest BCUT2D eigenvalue weighted by Crippen LogP contribution is 2.20. The lowest BCUT2D eigenvalue weighted by atomic mass is 9.93. The zero-order chi connectivity index (χ0) is 18.1. The normalized spacial score (nSPS) is 19.2. The fraction of sp³-hybridized carbons (Fsp3) is 0.833. The van der Waals surface area contributed by atoms with Gasteiger partial charge in [0.1, 0.15) is 0 Å². The Morgan fingerprint density at radius 2 is 1.76 bits per heavy atom. The predicted octanol–water partition coefficient (Wildman–Crippen LogP) is 0.813. The minimum absolute atomic E-state index is 0.124. The fourth-order valence-electron chi connectivity index (χ4n) is 3.52. The largest absolute Gasteiger partial charge is 0.359 e. The van der Waals surface area contributed by atoms with E-state index in [-0.39, 0.29) is 11.8 Å². The van der Waals surface area contributed by atoms with Crippen molar-refractivity contribution in [3.63, 3.8) is 0 Å². The SMILES string of the molecule is CCNC(=NCCC(=O)N1CCCC1)N1CCC(CC(=O)NC)CC1. The summed E-state index contributed by atoms with van der Waals surface area (Å²) in [6.45, 7) is 7.04. The average Bonchev–Trinajstić information content (AvgIpc) is 3.16. The van der Waals surface area contributed by atoms with Crippen molar-refractivity contribution >= 4 is 17.8 Å². The van der Waals surface area contributed by atoms with Gasteiger partial charge in [0.15, 0.2) is 5.96 Å². The summed E-state index contributed by atoms with van der Waals surface area (Å²) in [7, 11) is 1.69. The molecule has 0 spiro atoms. The van der Waals surface area contributed by atoms with Gasteiger partial charge in [-0.2, -0.15) is 0 Å². The molecule has 2 N–H and O–H groups in total. The smallest absolute Gasteiger partial charge is 0.224 e. The Hall–Kier alpha value is -1.79. The minimum atomic E-state index is 0.124. The van der Waals surface area contributed by atoms with Gasteiger partial charge < -0.3 is 20.4 Å². The average molecular weight is 351 g/mol. The lowest BCUT2D eigenvalue weighted by Crippen LogP contribution is -2.46. The first kappa shape index (κ1) is 19.5. The van der Waals surface area contributed by atoms with E-state index in [1.54, 1.807) is 7.05 Å². The van der Waals surface area contributed by atoms with Crippen molar-refractivity contribution in [2.45, 2.75) is 45.4 Å². The molecule has 2 heterocycles. The number of nitrogens with zero attached hydrogens (tertiary/aromatic N) is 3. The number of aliphatic imine (C=N–C) groups is 1. The van der Waals surface area contributed by atoms with Crippen LogP contribution in [0, 0.1) is 5.92 Å². The number of rotatable bonds is 6. The second kappa shape index (κ2) is 10.3. The van der Waals surface area contributed by atoms with Gasteiger partial charge in [-0.3, -0.25) is 14.6 Å². The Morgan fingerprint density at radius 3 is 2.36 bits per heavy atom. The van der Waals surface area contributed by atoms with E-state index in [1.165, 1.54) is 0 Å². The Kier molecular flexibility index (Phi) is 8.01. The van der Waals surface area contributed by atoms with E-state index < -0.39 is 0 Å². The third-order valence-corrected chi connectivity index (χ3v) is 5.05. The first-order valence-corrected chi connectivity index (χ1v) is 9.65. The Labute approximate surface area is 151 Å². The number of carbonyl (C=O) groups excluding carboxylic acids is 2. The van der Waals surface area contributed by atoms with Crippen molar-refractivity contribution < 1.29 is 9.59 Å². The quantitative estimate of drug-likeness (QED) is 0.548. The summed E-state index contributed by atoms with van der Waals surface area (Å²) in [4.78, 5) is 32.5. The maximum absolute atomic E-state index is 12.1. The number of guanidine groups is 1. The van der Waals surface area contributed by atoms with Gasteiger partial charge in [-0.15, -0.1) is 0 Å². The van der Waals surface area contributed by atoms with Gasteiger partial charge >= 0.3 is 0 Å². The zero-order valence-corrected chi connectivity index (χ0v) is 15.7. The number of hydrogen-bond donors (Lipinski definition) is 2. The van der Waals surface area contributed by atoms with Crippen LogP contribution in [0.1, 0.15) is 45.4 Å². The van der Waals surface area contributed by atoms with Crippen LogP contribution in [0.15, 0.2) is 4.99 Å². The molecule has 2 rings (SSSR count). The summed E-state index contributed by atoms with van der Waals surface area (Å²) in [5, 5.41) is 6.04. The van der Waals surface area contributed by atoms with Gasteiger partial charge in [-0.1, -0.05) is 0 Å². The summed E-state index contributed by atoms with van der Waals surface area (Å²) >= 11 is 0. The van der Waals surface area contributed by atoms with Gasteiger partial charge in [0, 0.05) is 52.6 Å². The summed E-state index contributed by atoms with van der Waals surface area (Å²) in [5.74, 6) is 1.70. The standard InChI is InChI=1S/C18H33N5O2/c1-3-20-18(21-9-6-17(25)22-10-4-5-11-22)23-12-7-15(8-13-23)14-16(24)19-2/h15H,3-14H2,1-2H3,(H,19,24)(H,20,21). The second-order valence-electron chi connectivity index (χ2n) is 6.88. The van der Waals surface area contributed by atoms with Gasteiger partial charge in [-0.25, -0.2) is 0 Å². The van der Waals surface area contributed by atoms with E-state index in [0.717, 1.165) is 64.4 Å². The summed E-state index contributed by atoms with van der Waals surface area (Å²) < 4.78 is 0. The minimum Gasteiger partial charge on any atom is -0.359 e. The molecule has 0 aromatic rings. The van der Waals surface area contributed by atoms with Crippen molar-refractivity contribution in [3.8, 4) is 0 Å². The van der Waals surface area contributed by atoms with Gasteiger partial charge in [-0.05, 0) is 38.5 Å². The molecule has 0 unspecified atom stereocenters. The van der Waals surface area contributed by atoms with E-state index in [4.69, 9.17) is 0 Å². The molecule has 2 amide bonds. The molecule has 0 radical (unpaired) electrons. The molecule has 0 aromatic carbocycles. The lowest BCUT2D eigenvalue weighted by molar-refractivity contribution is -0.129. The van der Waals surface area contributed by atoms with Crippen molar-refractivity contribution in [1.82, 2.24) is 20.4 Å². The predicted molar refractivity (Wildman–Crippen MR) is 99.4 cm³/mol. The number of hydrogen-bond acceptors (Lipinski definition) is 3. The van der Waals surface area contributed by atoms with E-state index in [1.807, 2.05) is 4.90 Å². The lowest BCUT2D eigenvalue weighted by Gasteiger charge is -2.34. The summed E-state index contributed by atoms with van der Waals surface area (Å²) in [6, 6.07) is 0. The molecule has 0 atom stereocenters. The Bertz CT molecular complexity index is 466. The van der Waals surface area contributed by atoms with Crippen LogP contribution in [0.2, 0.25) is 0 Å². The van der Waals surface area contributed by atoms with Crippen LogP contribution in [0.5, 0.6) is 0 Å². The number of amides is 2. The molecule has 0 bridgehead atoms. The van der Waals surface area contributed by atoms with E-state index in [2.05, 4.69) is 27.4 Å². The van der Waals surface area contributed by atoms with Crippen LogP contribution >= 0.6 is 0 Å². The first-order valence-electron chi connectivity index (χ1n) is 9.65. The van der Waals surface area contributed by atoms with Crippen molar-refractivity contribution in [2.24, 2.45) is 10.9 Å². The zero-order valence-electron chi connectivity index (χ0n) is 15.7. The molecule has 2 fully saturated rings. The van der Waals surface area contributed by atoms with Crippen LogP contribution in [0.4, 0.5) is 0 Å². The van der Waals surface area contributed by atoms with Crippen molar-refractivity contribution in [2.75, 3.05) is 46.3 Å². The number of likely N-dealkylation sites (tertiary alicyclic amines) is 2. The van der Waals surface area contributed by atoms with Crippen LogP contribution in [0.25, 0.3) is 0 Å². The van der Waals surface area contributed by atoms with Crippen LogP contribution < -0.4 is 10.6 Å². The van der Waals surface area contributed by atoms with Crippen molar-refractivity contribution in [3.05, 3.63) is 0 Å². The number of piperidine rings is 1. The molecule has 0 aromatic heterocycles. The summed E-state index contributed by atoms with van der Waals surface area (Å²) in [5.41, 5.74) is 0. The Morgan fingerprint density at radius 1 is 1.08 bits per heavy atom. The fourth-order valence-corrected chi connectivity index (χ4v) is 3.52. The monoisotopic (exact) mass is 351 g/mol. The van der Waals surface area contributed by atoms with E-state index >= 15 is 0 Å². The molecule has 7 nitrogen and oxygen atoms in total. The molecular weight excluding hydrogens is 318 g/mol. The maximum Gasteiger partial charge on any atom is 0.224 e. The number of carbonyl (C=O) groups is 2. The molecule has 0 saturated carbocycles. The van der Waals surface area contributed by atoms with Crippen LogP contribution in [0.3, 0.4) is 0 Å². The van der Waals surface area contributed by atoms with E-state index in [9.17, 15) is 9.59 Å². The van der Waals surface area contributed by atoms with Crippen LogP contribution in [-0.4, -0.2) is 73.9 Å². The topological polar surface area (TPSA) is 77.0 Å². The maximum atomic E-state index is 12.1. The van der Waals surface area contributed by atoms with E-state index in [0.29, 0.717) is 25.3 Å². The molecule has 2 saturated heterocycles. The molecule has 7 heteroatoms. The third-order valence-electron chi connectivity index (χ3n) is 5.05. The highest BCUT2D eigenvalue weighted by atomic mass is 16.2. The molecule has 0 aliphatic carbocycles. The summed E-state index contributed by atoms with van der Waals surface area (Å²) in [6.07, 6.45) is 5.37. The molecular formula is C18H33N5O2. The van der Waals surface area contributed by atoms with Gasteiger partial charge in [0.05, 0.1) is 6.54 Å². The molecule has 2 aliphatic rings. The van der Waals surface area contributed by atoms with Crippen LogP contribution in [-0.2, 0) is 9.59 Å². The Balaban J connectivity index is 1.79. The highest BCUT2D eigenvalue weighted by molar-refractivity contribution is 5.81. The molecule has 142 valence electrons. The van der Waals surface area contributed by atoms with Gasteiger partial charge in [0.2, 0.25) is 11.8 Å².